The summed E-state index contributed by atoms with van der Waals surface area (Å²) in [7, 11) is 0. The van der Waals surface area contributed by atoms with Crippen LogP contribution in [0.15, 0.2) is 36.4 Å². The molecule has 4 rings (SSSR count). The molecule has 0 saturated heterocycles. The van der Waals surface area contributed by atoms with Crippen molar-refractivity contribution in [2.24, 2.45) is 0 Å². The van der Waals surface area contributed by atoms with Gasteiger partial charge in [0, 0.05) is 41.9 Å². The van der Waals surface area contributed by atoms with E-state index < -0.39 is 23.3 Å². The lowest BCUT2D eigenvalue weighted by molar-refractivity contribution is 0.0643. The zero-order chi connectivity index (χ0) is 22.2. The number of aromatic nitrogens is 1. The average molecular weight is 420 g/mol. The summed E-state index contributed by atoms with van der Waals surface area (Å²) >= 11 is 0. The lowest BCUT2D eigenvalue weighted by atomic mass is 9.87. The Hall–Kier alpha value is -2.47. The monoisotopic (exact) mass is 419 g/mol. The smallest absolute Gasteiger partial charge is 0.133 e. The van der Waals surface area contributed by atoms with Gasteiger partial charge in [-0.1, -0.05) is 32.0 Å². The summed E-state index contributed by atoms with van der Waals surface area (Å²) in [4.78, 5) is 5.18. The normalized spacial score (nSPS) is 19.3. The minimum Gasteiger partial charge on any atom is -0.399 e. The quantitative estimate of drug-likeness (QED) is 0.484. The van der Waals surface area contributed by atoms with Gasteiger partial charge in [0.1, 0.15) is 17.3 Å². The van der Waals surface area contributed by atoms with Gasteiger partial charge in [0.15, 0.2) is 0 Å². The third-order valence-corrected chi connectivity index (χ3v) is 5.45. The van der Waals surface area contributed by atoms with Crippen molar-refractivity contribution in [3.05, 3.63) is 64.9 Å². The maximum absolute atomic E-state index is 14.9. The second-order valence-corrected chi connectivity index (χ2v) is 8.31. The van der Waals surface area contributed by atoms with Gasteiger partial charge in [-0.15, -0.1) is 0 Å². The van der Waals surface area contributed by atoms with Gasteiger partial charge in [0.2, 0.25) is 0 Å². The van der Waals surface area contributed by atoms with Crippen LogP contribution in [-0.2, 0) is 6.42 Å². The van der Waals surface area contributed by atoms with Crippen LogP contribution in [0.25, 0.3) is 10.9 Å². The molecule has 6 heteroatoms. The standard InChI is InChI=1S/C22H24F3N3.C2H6.H2/c1-12-8-15-14-6-4-5-7-18(14)27-20(15)21(28(12)11-22(2,3)25)19-16(23)9-13(26)10-17(19)24;1-2;/h4-7,9-10,12,21,27H,8,11,26H2,1-3H3;1-2H3;1H/t12-,21-;;/m1../s1. The van der Waals surface area contributed by atoms with Crippen LogP contribution in [0.4, 0.5) is 18.9 Å². The van der Waals surface area contributed by atoms with Crippen LogP contribution in [0.2, 0.25) is 0 Å². The molecule has 1 aromatic heterocycles. The SMILES string of the molecule is CC.C[C@@H]1Cc2c([nH]c3ccccc23)[C@@H](c2c(F)cc(N)cc2F)N1CC(C)(C)F.[HH]. The van der Waals surface area contributed by atoms with Crippen LogP contribution in [0.3, 0.4) is 0 Å². The van der Waals surface area contributed by atoms with Gasteiger partial charge in [-0.25, -0.2) is 13.2 Å². The number of hydrogen-bond donors (Lipinski definition) is 2. The molecule has 2 aromatic carbocycles. The molecule has 164 valence electrons. The summed E-state index contributed by atoms with van der Waals surface area (Å²) in [5.74, 6) is -1.44. The van der Waals surface area contributed by atoms with E-state index >= 15 is 0 Å². The molecule has 0 fully saturated rings. The molecular weight excluding hydrogens is 387 g/mol. The summed E-state index contributed by atoms with van der Waals surface area (Å²) in [5.41, 5.74) is 6.67. The van der Waals surface area contributed by atoms with Crippen LogP contribution < -0.4 is 5.73 Å². The number of nitrogens with zero attached hydrogens (tertiary/aromatic N) is 1. The molecule has 0 amide bonds. The highest BCUT2D eigenvalue weighted by atomic mass is 19.1. The Morgan fingerprint density at radius 1 is 1.17 bits per heavy atom. The lowest BCUT2D eigenvalue weighted by Gasteiger charge is -2.43. The molecule has 3 nitrogen and oxygen atoms in total. The summed E-state index contributed by atoms with van der Waals surface area (Å²) in [5, 5.41) is 1.03. The van der Waals surface area contributed by atoms with Crippen LogP contribution in [-0.4, -0.2) is 28.1 Å². The fourth-order valence-electron chi connectivity index (χ4n) is 4.36. The molecule has 0 aliphatic carbocycles. The zero-order valence-corrected chi connectivity index (χ0v) is 18.2. The first-order valence-corrected chi connectivity index (χ1v) is 10.4. The summed E-state index contributed by atoms with van der Waals surface area (Å²) in [6.45, 7) is 8.98. The Kier molecular flexibility index (Phi) is 6.18. The molecule has 0 radical (unpaired) electrons. The number of fused-ring (bicyclic) bond motifs is 3. The first kappa shape index (κ1) is 22.2. The molecule has 30 heavy (non-hydrogen) atoms. The van der Waals surface area contributed by atoms with Crippen molar-refractivity contribution in [1.29, 1.82) is 0 Å². The summed E-state index contributed by atoms with van der Waals surface area (Å²) in [6.07, 6.45) is 0.671. The number of alkyl halides is 1. The van der Waals surface area contributed by atoms with Gasteiger partial charge in [0.05, 0.1) is 6.04 Å². The molecular formula is C24H32F3N3. The molecule has 1 aliphatic heterocycles. The third kappa shape index (κ3) is 4.06. The minimum atomic E-state index is -1.52. The predicted molar refractivity (Wildman–Crippen MR) is 119 cm³/mol. The molecule has 1 aliphatic rings. The van der Waals surface area contributed by atoms with Crippen molar-refractivity contribution in [2.75, 3.05) is 12.3 Å². The molecule has 2 atom stereocenters. The number of hydrogen-bond acceptors (Lipinski definition) is 2. The van der Waals surface area contributed by atoms with Crippen LogP contribution in [0, 0.1) is 11.6 Å². The molecule has 3 N–H and O–H groups in total. The van der Waals surface area contributed by atoms with Gasteiger partial charge < -0.3 is 10.7 Å². The van der Waals surface area contributed by atoms with Crippen molar-refractivity contribution >= 4 is 16.6 Å². The first-order valence-electron chi connectivity index (χ1n) is 10.4. The average Bonchev–Trinajstić information content (AvgIpc) is 3.02. The Bertz CT molecular complexity index is 1020. The van der Waals surface area contributed by atoms with Crippen molar-refractivity contribution in [2.45, 2.75) is 58.8 Å². The fourth-order valence-corrected chi connectivity index (χ4v) is 4.36. The Balaban J connectivity index is 0.00000111. The number of rotatable bonds is 3. The van der Waals surface area contributed by atoms with E-state index in [2.05, 4.69) is 4.98 Å². The van der Waals surface area contributed by atoms with Crippen LogP contribution >= 0.6 is 0 Å². The number of H-pyrrole nitrogens is 1. The molecule has 0 bridgehead atoms. The minimum absolute atomic E-state index is 0. The highest BCUT2D eigenvalue weighted by Crippen LogP contribution is 2.43. The van der Waals surface area contributed by atoms with Crippen molar-refractivity contribution in [1.82, 2.24) is 9.88 Å². The second-order valence-electron chi connectivity index (χ2n) is 8.31. The first-order chi connectivity index (χ1) is 14.2. The maximum atomic E-state index is 14.9. The fraction of sp³-hybridized carbons (Fsp3) is 0.417. The lowest BCUT2D eigenvalue weighted by Crippen LogP contribution is -2.48. The van der Waals surface area contributed by atoms with E-state index in [1.165, 1.54) is 13.8 Å². The number of anilines is 1. The third-order valence-electron chi connectivity index (χ3n) is 5.45. The number of nitrogen functional groups attached to an aromatic ring is 1. The Labute approximate surface area is 177 Å². The highest BCUT2D eigenvalue weighted by molar-refractivity contribution is 5.85. The Morgan fingerprint density at radius 3 is 2.37 bits per heavy atom. The van der Waals surface area contributed by atoms with Gasteiger partial charge in [0.25, 0.3) is 0 Å². The van der Waals surface area contributed by atoms with Crippen LogP contribution in [0.1, 0.15) is 58.9 Å². The van der Waals surface area contributed by atoms with Gasteiger partial charge in [-0.2, -0.15) is 0 Å². The van der Waals surface area contributed by atoms with Gasteiger partial charge in [-0.05, 0) is 51.0 Å². The second kappa shape index (κ2) is 8.34. The largest absolute Gasteiger partial charge is 0.399 e. The number of nitrogens with two attached hydrogens (primary N) is 1. The van der Waals surface area contributed by atoms with Gasteiger partial charge in [-0.3, -0.25) is 4.90 Å². The van der Waals surface area contributed by atoms with E-state index in [-0.39, 0.29) is 25.3 Å². The number of para-hydroxylation sites is 1. The number of nitrogens with one attached hydrogen (secondary N) is 1. The molecule has 3 aromatic rings. The van der Waals surface area contributed by atoms with Crippen molar-refractivity contribution < 1.29 is 14.6 Å². The van der Waals surface area contributed by atoms with Crippen molar-refractivity contribution in [3.63, 3.8) is 0 Å². The number of benzene rings is 2. The maximum Gasteiger partial charge on any atom is 0.133 e. The topological polar surface area (TPSA) is 45.1 Å². The van der Waals surface area contributed by atoms with E-state index in [4.69, 9.17) is 5.73 Å². The summed E-state index contributed by atoms with van der Waals surface area (Å²) in [6, 6.07) is 9.18. The molecule has 0 spiro atoms. The number of aromatic amines is 1. The van der Waals surface area contributed by atoms with E-state index in [1.807, 2.05) is 49.9 Å². The highest BCUT2D eigenvalue weighted by Gasteiger charge is 2.40. The van der Waals surface area contributed by atoms with E-state index in [1.54, 1.807) is 0 Å². The van der Waals surface area contributed by atoms with E-state index in [9.17, 15) is 13.2 Å². The van der Waals surface area contributed by atoms with E-state index in [0.29, 0.717) is 12.1 Å². The number of halogens is 3. The predicted octanol–water partition coefficient (Wildman–Crippen LogP) is 6.38. The van der Waals surface area contributed by atoms with Gasteiger partial charge >= 0.3 is 0 Å². The molecule has 0 unspecified atom stereocenters. The molecule has 2 heterocycles. The van der Waals surface area contributed by atoms with Crippen molar-refractivity contribution in [3.8, 4) is 0 Å². The summed E-state index contributed by atoms with van der Waals surface area (Å²) < 4.78 is 44.5. The Morgan fingerprint density at radius 2 is 1.77 bits per heavy atom. The molecule has 0 saturated carbocycles. The van der Waals surface area contributed by atoms with E-state index in [0.717, 1.165) is 28.6 Å². The zero-order valence-electron chi connectivity index (χ0n) is 18.2. The van der Waals surface area contributed by atoms with Crippen LogP contribution in [0.5, 0.6) is 0 Å².